The van der Waals surface area contributed by atoms with Crippen molar-refractivity contribution in [3.8, 4) is 0 Å². The van der Waals surface area contributed by atoms with E-state index in [4.69, 9.17) is 0 Å². The van der Waals surface area contributed by atoms with Crippen LogP contribution in [0, 0.1) is 5.82 Å². The summed E-state index contributed by atoms with van der Waals surface area (Å²) < 4.78 is 13.1. The Kier molecular flexibility index (Phi) is 7.53. The number of carbonyl (C=O) groups excluding carboxylic acids is 2. The molecule has 2 unspecified atom stereocenters. The van der Waals surface area contributed by atoms with E-state index in [2.05, 4.69) is 5.32 Å². The van der Waals surface area contributed by atoms with Gasteiger partial charge in [-0.05, 0) is 43.5 Å². The Morgan fingerprint density at radius 2 is 1.63 bits per heavy atom. The molecule has 1 N–H and O–H groups in total. The van der Waals surface area contributed by atoms with Crippen LogP contribution in [0.15, 0.2) is 54.6 Å². The zero-order chi connectivity index (χ0) is 19.8. The highest BCUT2D eigenvalue weighted by Gasteiger charge is 2.26. The van der Waals surface area contributed by atoms with E-state index in [9.17, 15) is 14.0 Å². The summed E-state index contributed by atoms with van der Waals surface area (Å²) in [4.78, 5) is 27.1. The Labute approximate surface area is 160 Å². The lowest BCUT2D eigenvalue weighted by molar-refractivity contribution is -0.140. The lowest BCUT2D eigenvalue weighted by atomic mass is 10.1. The molecular formula is C22H27FN2O2. The van der Waals surface area contributed by atoms with Crippen molar-refractivity contribution in [3.63, 3.8) is 0 Å². The standard InChI is InChI=1S/C22H27FN2O2/c1-4-16(2)24-22(27)17(3)25(15-19-8-6-5-7-9-19)21(26)14-18-10-12-20(23)13-11-18/h5-13,16-17H,4,14-15H2,1-3H3,(H,24,27). The molecule has 5 heteroatoms. The molecule has 4 nitrogen and oxygen atoms in total. The van der Waals surface area contributed by atoms with E-state index in [1.54, 1.807) is 24.0 Å². The Morgan fingerprint density at radius 3 is 2.22 bits per heavy atom. The van der Waals surface area contributed by atoms with Gasteiger partial charge in [0, 0.05) is 12.6 Å². The predicted molar refractivity (Wildman–Crippen MR) is 104 cm³/mol. The second-order valence-electron chi connectivity index (χ2n) is 6.80. The molecule has 2 rings (SSSR count). The van der Waals surface area contributed by atoms with E-state index in [0.29, 0.717) is 12.1 Å². The average Bonchev–Trinajstić information content (AvgIpc) is 2.67. The summed E-state index contributed by atoms with van der Waals surface area (Å²) in [6, 6.07) is 14.9. The molecule has 2 aromatic carbocycles. The molecule has 0 heterocycles. The van der Waals surface area contributed by atoms with E-state index >= 15 is 0 Å². The smallest absolute Gasteiger partial charge is 0.242 e. The minimum atomic E-state index is -0.604. The quantitative estimate of drug-likeness (QED) is 0.770. The van der Waals surface area contributed by atoms with Crippen LogP contribution in [-0.2, 0) is 22.6 Å². The van der Waals surface area contributed by atoms with Crippen molar-refractivity contribution in [2.45, 2.75) is 52.2 Å². The number of nitrogens with zero attached hydrogens (tertiary/aromatic N) is 1. The number of hydrogen-bond donors (Lipinski definition) is 1. The zero-order valence-corrected chi connectivity index (χ0v) is 16.1. The minimum Gasteiger partial charge on any atom is -0.352 e. The molecule has 0 aliphatic carbocycles. The summed E-state index contributed by atoms with van der Waals surface area (Å²) in [5.74, 6) is -0.682. The van der Waals surface area contributed by atoms with Crippen LogP contribution < -0.4 is 5.32 Å². The van der Waals surface area contributed by atoms with Crippen molar-refractivity contribution in [3.05, 3.63) is 71.5 Å². The molecular weight excluding hydrogens is 343 g/mol. The molecule has 27 heavy (non-hydrogen) atoms. The second-order valence-corrected chi connectivity index (χ2v) is 6.80. The fourth-order valence-corrected chi connectivity index (χ4v) is 2.71. The van der Waals surface area contributed by atoms with Crippen LogP contribution in [0.3, 0.4) is 0 Å². The Balaban J connectivity index is 2.18. The molecule has 0 bridgehead atoms. The highest BCUT2D eigenvalue weighted by atomic mass is 19.1. The molecule has 0 radical (unpaired) electrons. The molecule has 0 aromatic heterocycles. The van der Waals surface area contributed by atoms with Crippen LogP contribution >= 0.6 is 0 Å². The molecule has 2 atom stereocenters. The number of hydrogen-bond acceptors (Lipinski definition) is 2. The van der Waals surface area contributed by atoms with E-state index in [1.165, 1.54) is 12.1 Å². The van der Waals surface area contributed by atoms with Crippen LogP contribution in [0.2, 0.25) is 0 Å². The first kappa shape index (κ1) is 20.6. The maximum atomic E-state index is 13.1. The highest BCUT2D eigenvalue weighted by Crippen LogP contribution is 2.13. The van der Waals surface area contributed by atoms with Gasteiger partial charge in [-0.2, -0.15) is 0 Å². The normalized spacial score (nSPS) is 12.9. The van der Waals surface area contributed by atoms with Crippen LogP contribution in [0.5, 0.6) is 0 Å². The van der Waals surface area contributed by atoms with Gasteiger partial charge in [0.1, 0.15) is 11.9 Å². The van der Waals surface area contributed by atoms with Crippen molar-refractivity contribution >= 4 is 11.8 Å². The van der Waals surface area contributed by atoms with E-state index < -0.39 is 6.04 Å². The summed E-state index contributed by atoms with van der Waals surface area (Å²) in [5, 5.41) is 2.94. The topological polar surface area (TPSA) is 49.4 Å². The van der Waals surface area contributed by atoms with Gasteiger partial charge in [-0.1, -0.05) is 49.4 Å². The van der Waals surface area contributed by atoms with Gasteiger partial charge in [0.2, 0.25) is 11.8 Å². The zero-order valence-electron chi connectivity index (χ0n) is 16.1. The number of benzene rings is 2. The molecule has 0 fully saturated rings. The molecule has 0 spiro atoms. The van der Waals surface area contributed by atoms with Gasteiger partial charge in [0.15, 0.2) is 0 Å². The highest BCUT2D eigenvalue weighted by molar-refractivity contribution is 5.88. The Hall–Kier alpha value is -2.69. The third kappa shape index (κ3) is 6.20. The molecule has 0 aliphatic rings. The van der Waals surface area contributed by atoms with Crippen LogP contribution in [0.25, 0.3) is 0 Å². The van der Waals surface area contributed by atoms with E-state index in [1.807, 2.05) is 44.2 Å². The summed E-state index contributed by atoms with van der Waals surface area (Å²) in [5.41, 5.74) is 1.67. The van der Waals surface area contributed by atoms with Gasteiger partial charge in [-0.3, -0.25) is 9.59 Å². The van der Waals surface area contributed by atoms with Crippen molar-refractivity contribution in [2.75, 3.05) is 0 Å². The van der Waals surface area contributed by atoms with Crippen LogP contribution in [0.1, 0.15) is 38.3 Å². The van der Waals surface area contributed by atoms with Crippen molar-refractivity contribution in [1.82, 2.24) is 10.2 Å². The fourth-order valence-electron chi connectivity index (χ4n) is 2.71. The number of carbonyl (C=O) groups is 2. The number of nitrogens with one attached hydrogen (secondary N) is 1. The van der Waals surface area contributed by atoms with Gasteiger partial charge < -0.3 is 10.2 Å². The molecule has 2 amide bonds. The average molecular weight is 370 g/mol. The molecule has 0 saturated carbocycles. The molecule has 2 aromatic rings. The monoisotopic (exact) mass is 370 g/mol. The molecule has 0 saturated heterocycles. The van der Waals surface area contributed by atoms with E-state index in [0.717, 1.165) is 12.0 Å². The van der Waals surface area contributed by atoms with Gasteiger partial charge in [-0.15, -0.1) is 0 Å². The summed E-state index contributed by atoms with van der Waals surface area (Å²) in [6.07, 6.45) is 0.939. The number of rotatable bonds is 8. The second kappa shape index (κ2) is 9.86. The fraction of sp³-hybridized carbons (Fsp3) is 0.364. The maximum Gasteiger partial charge on any atom is 0.242 e. The molecule has 0 aliphatic heterocycles. The third-order valence-electron chi connectivity index (χ3n) is 4.63. The maximum absolute atomic E-state index is 13.1. The van der Waals surface area contributed by atoms with Gasteiger partial charge in [0.25, 0.3) is 0 Å². The van der Waals surface area contributed by atoms with Crippen molar-refractivity contribution in [2.24, 2.45) is 0 Å². The molecule has 144 valence electrons. The van der Waals surface area contributed by atoms with E-state index in [-0.39, 0.29) is 30.1 Å². The minimum absolute atomic E-state index is 0.0470. The number of amides is 2. The first-order valence-electron chi connectivity index (χ1n) is 9.29. The largest absolute Gasteiger partial charge is 0.352 e. The van der Waals surface area contributed by atoms with Crippen molar-refractivity contribution in [1.29, 1.82) is 0 Å². The Morgan fingerprint density at radius 1 is 1.00 bits per heavy atom. The SMILES string of the molecule is CCC(C)NC(=O)C(C)N(Cc1ccccc1)C(=O)Cc1ccc(F)cc1. The predicted octanol–water partition coefficient (Wildman–Crippen LogP) is 3.70. The van der Waals surface area contributed by atoms with Crippen LogP contribution in [-0.4, -0.2) is 28.8 Å². The van der Waals surface area contributed by atoms with Gasteiger partial charge in [-0.25, -0.2) is 4.39 Å². The summed E-state index contributed by atoms with van der Waals surface area (Å²) in [6.45, 7) is 6.02. The van der Waals surface area contributed by atoms with Gasteiger partial charge in [0.05, 0.1) is 6.42 Å². The summed E-state index contributed by atoms with van der Waals surface area (Å²) >= 11 is 0. The van der Waals surface area contributed by atoms with Crippen molar-refractivity contribution < 1.29 is 14.0 Å². The summed E-state index contributed by atoms with van der Waals surface area (Å²) in [7, 11) is 0. The lowest BCUT2D eigenvalue weighted by Gasteiger charge is -2.29. The first-order valence-corrected chi connectivity index (χ1v) is 9.29. The lowest BCUT2D eigenvalue weighted by Crippen LogP contribution is -2.49. The number of halogens is 1. The third-order valence-corrected chi connectivity index (χ3v) is 4.63. The Bertz CT molecular complexity index is 747. The van der Waals surface area contributed by atoms with Gasteiger partial charge >= 0.3 is 0 Å². The first-order chi connectivity index (χ1) is 12.9. The van der Waals surface area contributed by atoms with Crippen LogP contribution in [0.4, 0.5) is 4.39 Å².